The average molecular weight is 449 g/mol. The second-order valence-electron chi connectivity index (χ2n) is 7.80. The summed E-state index contributed by atoms with van der Waals surface area (Å²) in [6, 6.07) is 16.4. The third-order valence-electron chi connectivity index (χ3n) is 5.51. The van der Waals surface area contributed by atoms with Crippen molar-refractivity contribution in [2.75, 3.05) is 19.7 Å². The fourth-order valence-corrected chi connectivity index (χ4v) is 3.95. The molecule has 7 nitrogen and oxygen atoms in total. The summed E-state index contributed by atoms with van der Waals surface area (Å²) in [5.41, 5.74) is 4.77. The Bertz CT molecular complexity index is 1010. The van der Waals surface area contributed by atoms with Crippen LogP contribution in [-0.4, -0.2) is 42.8 Å². The van der Waals surface area contributed by atoms with E-state index in [9.17, 15) is 14.4 Å². The summed E-state index contributed by atoms with van der Waals surface area (Å²) >= 11 is 0. The molecule has 2 aromatic carbocycles. The Morgan fingerprint density at radius 3 is 2.18 bits per heavy atom. The highest BCUT2D eigenvalue weighted by molar-refractivity contribution is 5.86. The van der Waals surface area contributed by atoms with Crippen molar-refractivity contribution >= 4 is 18.0 Å². The molecule has 2 aromatic rings. The van der Waals surface area contributed by atoms with E-state index in [0.29, 0.717) is 19.6 Å². The Hall–Kier alpha value is -3.79. The zero-order chi connectivity index (χ0) is 23.5. The molecule has 3 rings (SSSR count). The zero-order valence-corrected chi connectivity index (χ0v) is 18.4. The molecule has 0 radical (unpaired) electrons. The van der Waals surface area contributed by atoms with Crippen LogP contribution in [0.25, 0.3) is 11.1 Å². The van der Waals surface area contributed by atoms with Gasteiger partial charge in [-0.15, -0.1) is 0 Å². The van der Waals surface area contributed by atoms with E-state index in [-0.39, 0.29) is 18.4 Å². The van der Waals surface area contributed by atoms with Crippen LogP contribution < -0.4 is 10.6 Å². The van der Waals surface area contributed by atoms with Gasteiger partial charge in [-0.25, -0.2) is 9.59 Å². The highest BCUT2D eigenvalue weighted by Gasteiger charge is 2.28. The Morgan fingerprint density at radius 1 is 0.879 bits per heavy atom. The summed E-state index contributed by atoms with van der Waals surface area (Å²) in [7, 11) is 0. The third-order valence-corrected chi connectivity index (χ3v) is 5.51. The standard InChI is InChI=1S/C26H28N2O5/c29-24(27-17-9-15-25(30)31)14-3-1-2-8-16-28-26(32)33-18-23-21-12-6-4-10-19(21)20-11-5-7-13-22(20)23/h4-7,10-13,23H,1-3,8,14,16-18H2,(H,27,29)(H,28,32)(H,30,31). The van der Waals surface area contributed by atoms with Gasteiger partial charge in [0.05, 0.1) is 6.54 Å². The number of carboxylic acid groups (broad SMARTS) is 1. The average Bonchev–Trinajstić information content (AvgIpc) is 3.13. The van der Waals surface area contributed by atoms with E-state index in [2.05, 4.69) is 40.8 Å². The van der Waals surface area contributed by atoms with Gasteiger partial charge in [-0.1, -0.05) is 67.3 Å². The second-order valence-corrected chi connectivity index (χ2v) is 7.80. The van der Waals surface area contributed by atoms with Gasteiger partial charge in [0.15, 0.2) is 0 Å². The summed E-state index contributed by atoms with van der Waals surface area (Å²) in [5.74, 6) is 2.98. The van der Waals surface area contributed by atoms with Crippen molar-refractivity contribution in [1.82, 2.24) is 10.6 Å². The number of hydrogen-bond acceptors (Lipinski definition) is 4. The number of nitrogens with one attached hydrogen (secondary N) is 2. The fraction of sp³-hybridized carbons (Fsp3) is 0.346. The molecule has 3 N–H and O–H groups in total. The number of aliphatic carboxylic acids is 1. The summed E-state index contributed by atoms with van der Waals surface area (Å²) in [5, 5.41) is 13.7. The lowest BCUT2D eigenvalue weighted by Gasteiger charge is -2.14. The maximum absolute atomic E-state index is 12.1. The number of amides is 2. The van der Waals surface area contributed by atoms with Crippen molar-refractivity contribution in [1.29, 1.82) is 0 Å². The van der Waals surface area contributed by atoms with E-state index in [1.54, 1.807) is 0 Å². The summed E-state index contributed by atoms with van der Waals surface area (Å²) in [6.07, 6.45) is 3.22. The molecule has 0 saturated carbocycles. The van der Waals surface area contributed by atoms with Crippen molar-refractivity contribution in [2.24, 2.45) is 0 Å². The monoisotopic (exact) mass is 448 g/mol. The van der Waals surface area contributed by atoms with E-state index in [4.69, 9.17) is 9.84 Å². The van der Waals surface area contributed by atoms with Gasteiger partial charge in [0.25, 0.3) is 0 Å². The molecule has 1 aliphatic rings. The number of carboxylic acids is 1. The number of rotatable bonds is 10. The normalized spacial score (nSPS) is 11.5. The van der Waals surface area contributed by atoms with Crippen molar-refractivity contribution in [2.45, 2.75) is 38.0 Å². The van der Waals surface area contributed by atoms with Crippen molar-refractivity contribution in [3.63, 3.8) is 0 Å². The van der Waals surface area contributed by atoms with Gasteiger partial charge < -0.3 is 20.5 Å². The first-order chi connectivity index (χ1) is 16.1. The van der Waals surface area contributed by atoms with Crippen molar-refractivity contribution in [3.8, 4) is 23.0 Å². The summed E-state index contributed by atoms with van der Waals surface area (Å²) < 4.78 is 5.51. The molecule has 0 bridgehead atoms. The van der Waals surface area contributed by atoms with Crippen LogP contribution in [0.3, 0.4) is 0 Å². The Balaban J connectivity index is 1.28. The number of ether oxygens (including phenoxy) is 1. The van der Waals surface area contributed by atoms with Gasteiger partial charge >= 0.3 is 12.1 Å². The van der Waals surface area contributed by atoms with Gasteiger partial charge in [-0.05, 0) is 35.1 Å². The first kappa shape index (κ1) is 23.9. The quantitative estimate of drug-likeness (QED) is 0.380. The number of hydrogen-bond donors (Lipinski definition) is 3. The second kappa shape index (κ2) is 12.3. The van der Waals surface area contributed by atoms with Crippen molar-refractivity contribution in [3.05, 3.63) is 59.7 Å². The van der Waals surface area contributed by atoms with E-state index in [0.717, 1.165) is 25.7 Å². The SMILES string of the molecule is O=C(O)C#CCNC(=O)CCCCCCNC(=O)OCC1c2ccccc2-c2ccccc21. The number of unbranched alkanes of at least 4 members (excludes halogenated alkanes) is 3. The van der Waals surface area contributed by atoms with Gasteiger partial charge in [0.2, 0.25) is 5.91 Å². The molecule has 0 heterocycles. The zero-order valence-electron chi connectivity index (χ0n) is 18.4. The van der Waals surface area contributed by atoms with Crippen molar-refractivity contribution < 1.29 is 24.2 Å². The van der Waals surface area contributed by atoms with Gasteiger partial charge in [-0.2, -0.15) is 0 Å². The molecule has 7 heteroatoms. The first-order valence-electron chi connectivity index (χ1n) is 11.1. The van der Waals surface area contributed by atoms with Crippen LogP contribution in [0, 0.1) is 11.8 Å². The number of alkyl carbamates (subject to hydrolysis) is 1. The maximum atomic E-state index is 12.1. The first-order valence-corrected chi connectivity index (χ1v) is 11.1. The molecule has 2 amide bonds. The summed E-state index contributed by atoms with van der Waals surface area (Å²) in [6.45, 7) is 0.856. The Kier molecular flexibility index (Phi) is 8.89. The molecule has 0 fully saturated rings. The number of fused-ring (bicyclic) bond motifs is 3. The molecule has 0 aliphatic heterocycles. The third kappa shape index (κ3) is 7.11. The van der Waals surface area contributed by atoms with Crippen LogP contribution in [0.2, 0.25) is 0 Å². The number of benzene rings is 2. The van der Waals surface area contributed by atoms with Crippen LogP contribution in [0.5, 0.6) is 0 Å². The molecule has 0 atom stereocenters. The summed E-state index contributed by atoms with van der Waals surface area (Å²) in [4.78, 5) is 34.0. The lowest BCUT2D eigenvalue weighted by Crippen LogP contribution is -2.27. The Labute approximate surface area is 193 Å². The molecule has 172 valence electrons. The Morgan fingerprint density at radius 2 is 1.52 bits per heavy atom. The lowest BCUT2D eigenvalue weighted by molar-refractivity contribution is -0.130. The topological polar surface area (TPSA) is 105 Å². The van der Waals surface area contributed by atoms with E-state index < -0.39 is 12.1 Å². The maximum Gasteiger partial charge on any atom is 0.407 e. The minimum Gasteiger partial charge on any atom is -0.472 e. The van der Waals surface area contributed by atoms with Gasteiger partial charge in [0, 0.05) is 24.8 Å². The van der Waals surface area contributed by atoms with Crippen LogP contribution in [-0.2, 0) is 14.3 Å². The van der Waals surface area contributed by atoms with Crippen LogP contribution >= 0.6 is 0 Å². The molecule has 0 aromatic heterocycles. The number of carbonyl (C=O) groups is 3. The smallest absolute Gasteiger partial charge is 0.407 e. The highest BCUT2D eigenvalue weighted by Crippen LogP contribution is 2.44. The minimum absolute atomic E-state index is 0.0369. The number of carbonyl (C=O) groups excluding carboxylic acids is 2. The van der Waals surface area contributed by atoms with E-state index >= 15 is 0 Å². The molecule has 0 saturated heterocycles. The molecule has 33 heavy (non-hydrogen) atoms. The fourth-order valence-electron chi connectivity index (χ4n) is 3.95. The minimum atomic E-state index is -1.21. The lowest BCUT2D eigenvalue weighted by atomic mass is 9.98. The molecule has 1 aliphatic carbocycles. The molecule has 0 unspecified atom stereocenters. The van der Waals surface area contributed by atoms with Crippen LogP contribution in [0.15, 0.2) is 48.5 Å². The predicted octanol–water partition coefficient (Wildman–Crippen LogP) is 3.68. The molecular formula is C26H28N2O5. The predicted molar refractivity (Wildman–Crippen MR) is 125 cm³/mol. The van der Waals surface area contributed by atoms with Gasteiger partial charge in [-0.3, -0.25) is 4.79 Å². The van der Waals surface area contributed by atoms with Crippen LogP contribution in [0.1, 0.15) is 49.1 Å². The molecular weight excluding hydrogens is 420 g/mol. The van der Waals surface area contributed by atoms with Gasteiger partial charge in [0.1, 0.15) is 6.61 Å². The van der Waals surface area contributed by atoms with E-state index in [1.807, 2.05) is 30.2 Å². The molecule has 0 spiro atoms. The largest absolute Gasteiger partial charge is 0.472 e. The van der Waals surface area contributed by atoms with E-state index in [1.165, 1.54) is 22.3 Å². The van der Waals surface area contributed by atoms with Crippen LogP contribution in [0.4, 0.5) is 4.79 Å². The highest BCUT2D eigenvalue weighted by atomic mass is 16.5.